The molecule has 0 heterocycles. The maximum atomic E-state index is 6.21. The number of hydrogen-bond donors (Lipinski definition) is 1. The summed E-state index contributed by atoms with van der Waals surface area (Å²) in [7, 11) is 1.65. The Morgan fingerprint density at radius 1 is 1.33 bits per heavy atom. The number of halogens is 1. The van der Waals surface area contributed by atoms with Gasteiger partial charge in [-0.1, -0.05) is 11.6 Å². The van der Waals surface area contributed by atoms with Crippen molar-refractivity contribution in [1.29, 1.82) is 0 Å². The summed E-state index contributed by atoms with van der Waals surface area (Å²) in [6.07, 6.45) is 0. The lowest BCUT2D eigenvalue weighted by Crippen LogP contribution is -2.30. The van der Waals surface area contributed by atoms with Gasteiger partial charge in [-0.05, 0) is 44.9 Å². The van der Waals surface area contributed by atoms with E-state index in [2.05, 4.69) is 0 Å². The van der Waals surface area contributed by atoms with Gasteiger partial charge >= 0.3 is 0 Å². The van der Waals surface area contributed by atoms with Crippen LogP contribution in [0.5, 0.6) is 5.75 Å². The molecule has 0 aliphatic heterocycles. The molecule has 3 heteroatoms. The van der Waals surface area contributed by atoms with E-state index in [-0.39, 0.29) is 0 Å². The van der Waals surface area contributed by atoms with Gasteiger partial charge in [-0.25, -0.2) is 0 Å². The lowest BCUT2D eigenvalue weighted by Gasteiger charge is -2.25. The highest BCUT2D eigenvalue weighted by Crippen LogP contribution is 2.36. The van der Waals surface area contributed by atoms with Crippen molar-refractivity contribution in [1.82, 2.24) is 0 Å². The Morgan fingerprint density at radius 2 is 1.87 bits per heavy atom. The Morgan fingerprint density at radius 3 is 2.27 bits per heavy atom. The highest BCUT2D eigenvalue weighted by Gasteiger charge is 2.24. The zero-order chi connectivity index (χ0) is 11.8. The molecular formula is C12H18ClNO. The molecule has 15 heavy (non-hydrogen) atoms. The zero-order valence-corrected chi connectivity index (χ0v) is 10.7. The van der Waals surface area contributed by atoms with Gasteiger partial charge in [-0.2, -0.15) is 0 Å². The molecule has 0 radical (unpaired) electrons. The third-order valence-electron chi connectivity index (χ3n) is 2.51. The summed E-state index contributed by atoms with van der Waals surface area (Å²) in [4.78, 5) is 0. The van der Waals surface area contributed by atoms with Crippen molar-refractivity contribution < 1.29 is 4.74 Å². The minimum atomic E-state index is -0.452. The molecule has 0 unspecified atom stereocenters. The van der Waals surface area contributed by atoms with Gasteiger partial charge in [0.2, 0.25) is 0 Å². The number of benzene rings is 1. The first-order valence-corrected chi connectivity index (χ1v) is 5.30. The molecule has 0 aliphatic carbocycles. The molecule has 2 nitrogen and oxygen atoms in total. The monoisotopic (exact) mass is 227 g/mol. The van der Waals surface area contributed by atoms with E-state index < -0.39 is 5.54 Å². The summed E-state index contributed by atoms with van der Waals surface area (Å²) in [6.45, 7) is 7.83. The standard InChI is InChI=1S/C12H18ClNO/c1-7-6-9(15-5)10(12(3,4)14)8(2)11(7)13/h6H,14H2,1-5H3. The highest BCUT2D eigenvalue weighted by molar-refractivity contribution is 6.32. The molecule has 0 bridgehead atoms. The molecular weight excluding hydrogens is 210 g/mol. The van der Waals surface area contributed by atoms with Crippen LogP contribution in [0.25, 0.3) is 0 Å². The van der Waals surface area contributed by atoms with E-state index in [1.54, 1.807) is 7.11 Å². The fraction of sp³-hybridized carbons (Fsp3) is 0.500. The summed E-state index contributed by atoms with van der Waals surface area (Å²) in [5.74, 6) is 0.807. The number of ether oxygens (including phenoxy) is 1. The van der Waals surface area contributed by atoms with E-state index in [1.807, 2.05) is 33.8 Å². The highest BCUT2D eigenvalue weighted by atomic mass is 35.5. The lowest BCUT2D eigenvalue weighted by atomic mass is 9.89. The van der Waals surface area contributed by atoms with Gasteiger partial charge in [0.05, 0.1) is 7.11 Å². The summed E-state index contributed by atoms with van der Waals surface area (Å²) in [5.41, 5.74) is 8.65. The Kier molecular flexibility index (Phi) is 3.31. The normalized spacial score (nSPS) is 11.7. The van der Waals surface area contributed by atoms with E-state index in [0.717, 1.165) is 27.5 Å². The fourth-order valence-electron chi connectivity index (χ4n) is 1.88. The fourth-order valence-corrected chi connectivity index (χ4v) is 2.03. The van der Waals surface area contributed by atoms with Crippen molar-refractivity contribution in [2.45, 2.75) is 33.2 Å². The summed E-state index contributed by atoms with van der Waals surface area (Å²) >= 11 is 6.21. The first-order chi connectivity index (χ1) is 6.79. The van der Waals surface area contributed by atoms with Crippen LogP contribution >= 0.6 is 11.6 Å². The van der Waals surface area contributed by atoms with Crippen molar-refractivity contribution in [3.8, 4) is 5.75 Å². The Labute approximate surface area is 96.4 Å². The van der Waals surface area contributed by atoms with Crippen molar-refractivity contribution >= 4 is 11.6 Å². The zero-order valence-electron chi connectivity index (χ0n) is 9.94. The third kappa shape index (κ3) is 2.27. The first-order valence-electron chi connectivity index (χ1n) is 4.92. The lowest BCUT2D eigenvalue weighted by molar-refractivity contribution is 0.393. The van der Waals surface area contributed by atoms with Gasteiger partial charge in [0, 0.05) is 16.1 Å². The molecule has 0 saturated heterocycles. The quantitative estimate of drug-likeness (QED) is 0.843. The molecule has 0 spiro atoms. The predicted octanol–water partition coefficient (Wildman–Crippen LogP) is 3.16. The summed E-state index contributed by atoms with van der Waals surface area (Å²) in [5, 5.41) is 0.768. The predicted molar refractivity (Wildman–Crippen MR) is 64.7 cm³/mol. The average molecular weight is 228 g/mol. The number of nitrogens with two attached hydrogens (primary N) is 1. The van der Waals surface area contributed by atoms with Crippen LogP contribution in [0.1, 0.15) is 30.5 Å². The minimum absolute atomic E-state index is 0.452. The largest absolute Gasteiger partial charge is 0.496 e. The summed E-state index contributed by atoms with van der Waals surface area (Å²) in [6, 6.07) is 1.93. The second-order valence-electron chi connectivity index (χ2n) is 4.43. The van der Waals surface area contributed by atoms with E-state index >= 15 is 0 Å². The second-order valence-corrected chi connectivity index (χ2v) is 4.81. The SMILES string of the molecule is COc1cc(C)c(Cl)c(C)c1C(C)(C)N. The van der Waals surface area contributed by atoms with Crippen molar-refractivity contribution in [3.05, 3.63) is 27.8 Å². The van der Waals surface area contributed by atoms with E-state index in [9.17, 15) is 0 Å². The molecule has 1 aromatic carbocycles. The Balaban J connectivity index is 3.55. The van der Waals surface area contributed by atoms with Crippen LogP contribution in [0.2, 0.25) is 5.02 Å². The molecule has 0 aliphatic rings. The number of methoxy groups -OCH3 is 1. The molecule has 1 rings (SSSR count). The third-order valence-corrected chi connectivity index (χ3v) is 3.09. The molecule has 84 valence electrons. The molecule has 0 fully saturated rings. The van der Waals surface area contributed by atoms with Crippen LogP contribution < -0.4 is 10.5 Å². The van der Waals surface area contributed by atoms with Crippen LogP contribution in [0.15, 0.2) is 6.07 Å². The van der Waals surface area contributed by atoms with Crippen LogP contribution in [-0.4, -0.2) is 7.11 Å². The molecule has 0 aromatic heterocycles. The van der Waals surface area contributed by atoms with Crippen LogP contribution in [0.3, 0.4) is 0 Å². The van der Waals surface area contributed by atoms with Crippen molar-refractivity contribution in [2.75, 3.05) is 7.11 Å². The van der Waals surface area contributed by atoms with Crippen molar-refractivity contribution in [2.24, 2.45) is 5.73 Å². The van der Waals surface area contributed by atoms with Gasteiger partial charge in [-0.3, -0.25) is 0 Å². The van der Waals surface area contributed by atoms with Gasteiger partial charge in [0.15, 0.2) is 0 Å². The Bertz CT molecular complexity index is 380. The van der Waals surface area contributed by atoms with Gasteiger partial charge < -0.3 is 10.5 Å². The van der Waals surface area contributed by atoms with E-state index in [1.165, 1.54) is 0 Å². The molecule has 0 saturated carbocycles. The van der Waals surface area contributed by atoms with E-state index in [4.69, 9.17) is 22.1 Å². The van der Waals surface area contributed by atoms with Gasteiger partial charge in [0.1, 0.15) is 5.75 Å². The average Bonchev–Trinajstić information content (AvgIpc) is 2.11. The smallest absolute Gasteiger partial charge is 0.124 e. The van der Waals surface area contributed by atoms with E-state index in [0.29, 0.717) is 0 Å². The van der Waals surface area contributed by atoms with Gasteiger partial charge in [0.25, 0.3) is 0 Å². The number of rotatable bonds is 2. The van der Waals surface area contributed by atoms with Crippen molar-refractivity contribution in [3.63, 3.8) is 0 Å². The first kappa shape index (κ1) is 12.3. The Hall–Kier alpha value is -0.730. The molecule has 2 N–H and O–H groups in total. The molecule has 1 aromatic rings. The van der Waals surface area contributed by atoms with Crippen LogP contribution in [-0.2, 0) is 5.54 Å². The molecule has 0 amide bonds. The van der Waals surface area contributed by atoms with Crippen LogP contribution in [0, 0.1) is 13.8 Å². The maximum Gasteiger partial charge on any atom is 0.124 e. The van der Waals surface area contributed by atoms with Crippen LogP contribution in [0.4, 0.5) is 0 Å². The second kappa shape index (κ2) is 4.03. The maximum absolute atomic E-state index is 6.21. The number of hydrogen-bond acceptors (Lipinski definition) is 2. The topological polar surface area (TPSA) is 35.2 Å². The number of aryl methyl sites for hydroxylation is 1. The minimum Gasteiger partial charge on any atom is -0.496 e. The van der Waals surface area contributed by atoms with Gasteiger partial charge in [-0.15, -0.1) is 0 Å². The molecule has 0 atom stereocenters. The summed E-state index contributed by atoms with van der Waals surface area (Å²) < 4.78 is 5.35.